The van der Waals surface area contributed by atoms with E-state index in [1.54, 1.807) is 17.7 Å². The maximum absolute atomic E-state index is 13.5. The molecule has 186 valence electrons. The maximum atomic E-state index is 13.5. The summed E-state index contributed by atoms with van der Waals surface area (Å²) in [6, 6.07) is 4.96. The highest BCUT2D eigenvalue weighted by atomic mass is 35.5. The minimum Gasteiger partial charge on any atom is -0.478 e. The topological polar surface area (TPSA) is 86.4 Å². The Morgan fingerprint density at radius 3 is 2.58 bits per heavy atom. The van der Waals surface area contributed by atoms with Gasteiger partial charge in [0.25, 0.3) is 11.5 Å². The predicted octanol–water partition coefficient (Wildman–Crippen LogP) is 3.14. The third-order valence-electron chi connectivity index (χ3n) is 7.39. The van der Waals surface area contributed by atoms with Crippen LogP contribution in [0.25, 0.3) is 5.69 Å². The number of nitrogens with zero attached hydrogens (tertiary/aromatic N) is 4. The molecule has 3 aromatic rings. The van der Waals surface area contributed by atoms with Gasteiger partial charge in [-0.25, -0.2) is 4.98 Å². The Bertz CT molecular complexity index is 1560. The molecule has 1 aromatic carbocycles. The van der Waals surface area contributed by atoms with Crippen molar-refractivity contribution in [2.45, 2.75) is 37.6 Å². The first kappa shape index (κ1) is 22.8. The highest BCUT2D eigenvalue weighted by Crippen LogP contribution is 2.64. The second kappa shape index (κ2) is 7.00. The molecule has 1 saturated carbocycles. The molecule has 1 fully saturated rings. The van der Waals surface area contributed by atoms with Crippen LogP contribution in [0.2, 0.25) is 5.02 Å². The molecule has 0 saturated heterocycles. The van der Waals surface area contributed by atoms with Gasteiger partial charge in [0.05, 0.1) is 22.6 Å². The van der Waals surface area contributed by atoms with Crippen molar-refractivity contribution in [2.75, 3.05) is 13.1 Å². The number of ether oxygens (including phenoxy) is 1. The third-order valence-corrected chi connectivity index (χ3v) is 7.71. The number of imidazole rings is 1. The summed E-state index contributed by atoms with van der Waals surface area (Å²) in [6.07, 6.45) is -1.53. The van der Waals surface area contributed by atoms with E-state index in [-0.39, 0.29) is 42.2 Å². The van der Waals surface area contributed by atoms with E-state index in [1.165, 1.54) is 34.9 Å². The van der Waals surface area contributed by atoms with Crippen molar-refractivity contribution in [1.29, 1.82) is 0 Å². The zero-order valence-corrected chi connectivity index (χ0v) is 19.8. The summed E-state index contributed by atoms with van der Waals surface area (Å²) < 4.78 is 49.3. The van der Waals surface area contributed by atoms with E-state index >= 15 is 0 Å². The van der Waals surface area contributed by atoms with Gasteiger partial charge in [0.15, 0.2) is 11.4 Å². The summed E-state index contributed by atoms with van der Waals surface area (Å²) in [6.45, 7) is 3.37. The molecule has 3 aliphatic rings. The minimum atomic E-state index is -4.73. The van der Waals surface area contributed by atoms with Crippen molar-refractivity contribution < 1.29 is 27.5 Å². The number of alkyl halides is 3. The average molecular weight is 519 g/mol. The zero-order chi connectivity index (χ0) is 25.8. The number of amides is 1. The number of rotatable bonds is 3. The molecule has 1 amide bonds. The van der Waals surface area contributed by atoms with Gasteiger partial charge in [-0.05, 0) is 38.1 Å². The van der Waals surface area contributed by atoms with Crippen LogP contribution < -0.4 is 10.3 Å². The standard InChI is InChI=1S/C24H18ClF3N4O4/c1-12-9-31(11-29-12)16-3-4-17-19(33)30(5-6-32(17)20(16)34)10-23-14-7-13(24(26,27)28)15(25)8-18(14)36-22(23,2)21(23)35/h3-4,7-9,11H,5-6,10H2,1-2H3/t22-,23+/m1/s1. The van der Waals surface area contributed by atoms with E-state index in [9.17, 15) is 27.6 Å². The molecule has 2 aromatic heterocycles. The third kappa shape index (κ3) is 2.83. The van der Waals surface area contributed by atoms with Gasteiger partial charge in [-0.15, -0.1) is 0 Å². The fourth-order valence-electron chi connectivity index (χ4n) is 5.41. The Morgan fingerprint density at radius 2 is 1.92 bits per heavy atom. The van der Waals surface area contributed by atoms with Gasteiger partial charge in [-0.1, -0.05) is 11.6 Å². The molecule has 0 radical (unpaired) electrons. The second-order valence-electron chi connectivity index (χ2n) is 9.41. The molecule has 0 N–H and O–H groups in total. The molecule has 2 atom stereocenters. The zero-order valence-electron chi connectivity index (χ0n) is 19.0. The van der Waals surface area contributed by atoms with Gasteiger partial charge in [-0.2, -0.15) is 13.2 Å². The lowest BCUT2D eigenvalue weighted by Crippen LogP contribution is -2.48. The van der Waals surface area contributed by atoms with Crippen LogP contribution in [0.3, 0.4) is 0 Å². The number of hydrogen-bond acceptors (Lipinski definition) is 5. The molecule has 2 aliphatic heterocycles. The summed E-state index contributed by atoms with van der Waals surface area (Å²) in [5, 5.41) is -0.528. The van der Waals surface area contributed by atoms with Crippen LogP contribution in [-0.4, -0.2) is 49.4 Å². The van der Waals surface area contributed by atoms with Gasteiger partial charge in [0.2, 0.25) is 0 Å². The summed E-state index contributed by atoms with van der Waals surface area (Å²) in [5.74, 6) is -0.808. The van der Waals surface area contributed by atoms with Gasteiger partial charge < -0.3 is 18.8 Å². The first-order chi connectivity index (χ1) is 16.9. The summed E-state index contributed by atoms with van der Waals surface area (Å²) >= 11 is 5.84. The molecule has 1 aliphatic carbocycles. The Kier molecular flexibility index (Phi) is 4.44. The lowest BCUT2D eigenvalue weighted by molar-refractivity contribution is -0.137. The molecule has 0 unspecified atom stereocenters. The van der Waals surface area contributed by atoms with Crippen molar-refractivity contribution in [3.8, 4) is 11.4 Å². The normalized spacial score (nSPS) is 24.3. The molecular formula is C24H18ClF3N4O4. The number of hydrogen-bond donors (Lipinski definition) is 0. The number of ketones is 1. The number of benzene rings is 1. The van der Waals surface area contributed by atoms with Crippen LogP contribution in [-0.2, 0) is 22.9 Å². The van der Waals surface area contributed by atoms with E-state index in [0.29, 0.717) is 5.69 Å². The molecule has 4 heterocycles. The second-order valence-corrected chi connectivity index (χ2v) is 9.81. The Morgan fingerprint density at radius 1 is 1.17 bits per heavy atom. The lowest BCUT2D eigenvalue weighted by atomic mass is 9.90. The molecule has 6 rings (SSSR count). The number of fused-ring (bicyclic) bond motifs is 4. The van der Waals surface area contributed by atoms with Crippen LogP contribution in [0.5, 0.6) is 5.75 Å². The van der Waals surface area contributed by atoms with Crippen LogP contribution in [0.4, 0.5) is 13.2 Å². The molecule has 36 heavy (non-hydrogen) atoms. The van der Waals surface area contributed by atoms with Crippen LogP contribution in [0.1, 0.15) is 34.2 Å². The number of Topliss-reactive ketones (excluding diaryl/α,β-unsaturated/α-hetero) is 1. The molecule has 0 bridgehead atoms. The van der Waals surface area contributed by atoms with Crippen LogP contribution in [0, 0.1) is 6.92 Å². The predicted molar refractivity (Wildman–Crippen MR) is 121 cm³/mol. The quantitative estimate of drug-likeness (QED) is 0.532. The van der Waals surface area contributed by atoms with E-state index in [1.807, 2.05) is 0 Å². The van der Waals surface area contributed by atoms with E-state index in [0.717, 1.165) is 17.8 Å². The molecule has 12 heteroatoms. The van der Waals surface area contributed by atoms with Crippen molar-refractivity contribution in [1.82, 2.24) is 19.0 Å². The highest BCUT2D eigenvalue weighted by Gasteiger charge is 2.82. The van der Waals surface area contributed by atoms with E-state index in [2.05, 4.69) is 4.98 Å². The van der Waals surface area contributed by atoms with Gasteiger partial charge in [-0.3, -0.25) is 14.4 Å². The number of aryl methyl sites for hydroxylation is 1. The number of aromatic nitrogens is 3. The Hall–Kier alpha value is -3.60. The molecule has 0 spiro atoms. The maximum Gasteiger partial charge on any atom is 0.417 e. The summed E-state index contributed by atoms with van der Waals surface area (Å²) in [7, 11) is 0. The van der Waals surface area contributed by atoms with Crippen molar-refractivity contribution in [2.24, 2.45) is 0 Å². The highest BCUT2D eigenvalue weighted by molar-refractivity contribution is 6.32. The van der Waals surface area contributed by atoms with Gasteiger partial charge in [0, 0.05) is 31.4 Å². The molecule has 8 nitrogen and oxygen atoms in total. The van der Waals surface area contributed by atoms with E-state index in [4.69, 9.17) is 16.3 Å². The minimum absolute atomic E-state index is 0.0633. The fourth-order valence-corrected chi connectivity index (χ4v) is 5.67. The van der Waals surface area contributed by atoms with Gasteiger partial charge in [0.1, 0.15) is 22.5 Å². The fraction of sp³-hybridized carbons (Fsp3) is 0.333. The number of carbonyl (C=O) groups is 2. The summed E-state index contributed by atoms with van der Waals surface area (Å²) in [4.78, 5) is 44.9. The number of pyridine rings is 1. The first-order valence-corrected chi connectivity index (χ1v) is 11.5. The monoisotopic (exact) mass is 518 g/mol. The number of halogens is 4. The van der Waals surface area contributed by atoms with E-state index < -0.39 is 39.5 Å². The smallest absolute Gasteiger partial charge is 0.417 e. The lowest BCUT2D eigenvalue weighted by Gasteiger charge is -2.32. The summed E-state index contributed by atoms with van der Waals surface area (Å²) in [5.41, 5.74) is -3.04. The average Bonchev–Trinajstić information content (AvgIpc) is 3.11. The van der Waals surface area contributed by atoms with Gasteiger partial charge >= 0.3 is 6.18 Å². The number of carbonyl (C=O) groups excluding carboxylic acids is 2. The van der Waals surface area contributed by atoms with Crippen molar-refractivity contribution in [3.63, 3.8) is 0 Å². The van der Waals surface area contributed by atoms with Crippen LogP contribution >= 0.6 is 11.6 Å². The van der Waals surface area contributed by atoms with Crippen molar-refractivity contribution in [3.05, 3.63) is 74.7 Å². The Labute approximate surface area is 206 Å². The Balaban J connectivity index is 1.36. The first-order valence-electron chi connectivity index (χ1n) is 11.1. The largest absolute Gasteiger partial charge is 0.478 e. The molecular weight excluding hydrogens is 501 g/mol. The van der Waals surface area contributed by atoms with Crippen molar-refractivity contribution >= 4 is 23.3 Å². The SMILES string of the molecule is Cc1cn(-c2ccc3n(c2=O)CCN(C[C@]24C(=O)[C@@]2(C)Oc2cc(Cl)c(C(F)(F)F)cc24)C3=O)cn1. The van der Waals surface area contributed by atoms with Crippen LogP contribution in [0.15, 0.2) is 41.6 Å².